The number of benzene rings is 1. The molecule has 0 aliphatic carbocycles. The fourth-order valence-corrected chi connectivity index (χ4v) is 1.55. The van der Waals surface area contributed by atoms with Crippen molar-refractivity contribution in [3.05, 3.63) is 35.4 Å². The van der Waals surface area contributed by atoms with Gasteiger partial charge in [-0.05, 0) is 43.9 Å². The highest BCUT2D eigenvalue weighted by Gasteiger charge is 1.97. The molecule has 1 nitrogen and oxygen atoms in total. The monoisotopic (exact) mass is 205 g/mol. The minimum absolute atomic E-state index is 0.639. The molecular formula is C14H23N. The van der Waals surface area contributed by atoms with Crippen LogP contribution in [0, 0.1) is 0 Å². The molecule has 1 heteroatoms. The van der Waals surface area contributed by atoms with Crippen molar-refractivity contribution in [1.82, 2.24) is 5.32 Å². The molecule has 1 aromatic rings. The molecule has 1 atom stereocenters. The zero-order chi connectivity index (χ0) is 11.1. The highest BCUT2D eigenvalue weighted by molar-refractivity contribution is 5.22. The van der Waals surface area contributed by atoms with E-state index in [1.807, 2.05) is 0 Å². The van der Waals surface area contributed by atoms with Crippen LogP contribution in [0.5, 0.6) is 0 Å². The van der Waals surface area contributed by atoms with E-state index in [1.165, 1.54) is 17.5 Å². The molecule has 0 radical (unpaired) electrons. The summed E-state index contributed by atoms with van der Waals surface area (Å²) in [4.78, 5) is 0. The highest BCUT2D eigenvalue weighted by atomic mass is 14.9. The van der Waals surface area contributed by atoms with Gasteiger partial charge in [0.2, 0.25) is 0 Å². The van der Waals surface area contributed by atoms with Crippen LogP contribution in [0.3, 0.4) is 0 Å². The standard InChI is InChI=1S/C14H23N/c1-4-12(3)15-11-10-14-8-6-13(5-2)7-9-14/h6-9,12,15H,4-5,10-11H2,1-3H3. The van der Waals surface area contributed by atoms with Gasteiger partial charge >= 0.3 is 0 Å². The molecule has 0 aliphatic heterocycles. The van der Waals surface area contributed by atoms with Gasteiger partial charge in [-0.25, -0.2) is 0 Å². The van der Waals surface area contributed by atoms with E-state index < -0.39 is 0 Å². The van der Waals surface area contributed by atoms with Gasteiger partial charge in [-0.1, -0.05) is 38.1 Å². The molecule has 15 heavy (non-hydrogen) atoms. The van der Waals surface area contributed by atoms with Crippen LogP contribution in [0.2, 0.25) is 0 Å². The molecule has 1 N–H and O–H groups in total. The summed E-state index contributed by atoms with van der Waals surface area (Å²) in [5, 5.41) is 3.51. The third-order valence-electron chi connectivity index (χ3n) is 2.95. The molecule has 0 amide bonds. The molecule has 0 fully saturated rings. The summed E-state index contributed by atoms with van der Waals surface area (Å²) in [6.07, 6.45) is 3.47. The first-order valence-corrected chi connectivity index (χ1v) is 6.07. The first-order valence-electron chi connectivity index (χ1n) is 6.07. The van der Waals surface area contributed by atoms with Gasteiger partial charge < -0.3 is 5.32 Å². The smallest absolute Gasteiger partial charge is 0.00362 e. The Morgan fingerprint density at radius 1 is 1.07 bits per heavy atom. The molecule has 0 aromatic heterocycles. The SMILES string of the molecule is CCc1ccc(CCNC(C)CC)cc1. The lowest BCUT2D eigenvalue weighted by atomic mass is 10.1. The van der Waals surface area contributed by atoms with Gasteiger partial charge in [0, 0.05) is 6.04 Å². The number of rotatable bonds is 6. The van der Waals surface area contributed by atoms with Crippen LogP contribution < -0.4 is 5.32 Å². The lowest BCUT2D eigenvalue weighted by Gasteiger charge is -2.10. The Kier molecular flexibility index (Phi) is 5.41. The molecule has 1 unspecified atom stereocenters. The van der Waals surface area contributed by atoms with Gasteiger partial charge in [-0.3, -0.25) is 0 Å². The predicted molar refractivity (Wildman–Crippen MR) is 67.3 cm³/mol. The third-order valence-corrected chi connectivity index (χ3v) is 2.95. The summed E-state index contributed by atoms with van der Waals surface area (Å²) in [7, 11) is 0. The molecule has 0 saturated heterocycles. The summed E-state index contributed by atoms with van der Waals surface area (Å²) < 4.78 is 0. The number of nitrogens with one attached hydrogen (secondary N) is 1. The van der Waals surface area contributed by atoms with Crippen molar-refractivity contribution in [2.45, 2.75) is 46.1 Å². The Morgan fingerprint density at radius 2 is 1.67 bits per heavy atom. The van der Waals surface area contributed by atoms with E-state index in [0.717, 1.165) is 19.4 Å². The largest absolute Gasteiger partial charge is 0.314 e. The fraction of sp³-hybridized carbons (Fsp3) is 0.571. The molecule has 84 valence electrons. The van der Waals surface area contributed by atoms with Gasteiger partial charge in [-0.2, -0.15) is 0 Å². The lowest BCUT2D eigenvalue weighted by Crippen LogP contribution is -2.27. The zero-order valence-electron chi connectivity index (χ0n) is 10.2. The minimum atomic E-state index is 0.639. The number of aryl methyl sites for hydroxylation is 1. The minimum Gasteiger partial charge on any atom is -0.314 e. The van der Waals surface area contributed by atoms with Crippen molar-refractivity contribution in [3.8, 4) is 0 Å². The maximum Gasteiger partial charge on any atom is 0.00362 e. The van der Waals surface area contributed by atoms with E-state index in [-0.39, 0.29) is 0 Å². The van der Waals surface area contributed by atoms with E-state index in [0.29, 0.717) is 6.04 Å². The topological polar surface area (TPSA) is 12.0 Å². The highest BCUT2D eigenvalue weighted by Crippen LogP contribution is 2.05. The second-order valence-corrected chi connectivity index (χ2v) is 4.18. The molecular weight excluding hydrogens is 182 g/mol. The van der Waals surface area contributed by atoms with Crippen molar-refractivity contribution in [2.75, 3.05) is 6.54 Å². The molecule has 0 saturated carbocycles. The van der Waals surface area contributed by atoms with Gasteiger partial charge in [0.1, 0.15) is 0 Å². The lowest BCUT2D eigenvalue weighted by molar-refractivity contribution is 0.537. The number of hydrogen-bond acceptors (Lipinski definition) is 1. The Balaban J connectivity index is 2.31. The molecule has 1 rings (SSSR count). The van der Waals surface area contributed by atoms with Gasteiger partial charge in [0.15, 0.2) is 0 Å². The first-order chi connectivity index (χ1) is 7.26. The summed E-state index contributed by atoms with van der Waals surface area (Å²) >= 11 is 0. The van der Waals surface area contributed by atoms with Crippen molar-refractivity contribution >= 4 is 0 Å². The van der Waals surface area contributed by atoms with Crippen LogP contribution in [0.15, 0.2) is 24.3 Å². The van der Waals surface area contributed by atoms with Crippen molar-refractivity contribution < 1.29 is 0 Å². The molecule has 0 bridgehead atoms. The van der Waals surface area contributed by atoms with Crippen LogP contribution >= 0.6 is 0 Å². The normalized spacial score (nSPS) is 12.7. The quantitative estimate of drug-likeness (QED) is 0.752. The Hall–Kier alpha value is -0.820. The molecule has 0 heterocycles. The first kappa shape index (κ1) is 12.3. The summed E-state index contributed by atoms with van der Waals surface area (Å²) in [6.45, 7) is 7.73. The van der Waals surface area contributed by atoms with Gasteiger partial charge in [-0.15, -0.1) is 0 Å². The maximum absolute atomic E-state index is 3.51. The summed E-state index contributed by atoms with van der Waals surface area (Å²) in [6, 6.07) is 9.60. The third kappa shape index (κ3) is 4.48. The Morgan fingerprint density at radius 3 is 2.20 bits per heavy atom. The van der Waals surface area contributed by atoms with Gasteiger partial charge in [0.05, 0.1) is 0 Å². The molecule has 0 spiro atoms. The Bertz CT molecular complexity index is 263. The van der Waals surface area contributed by atoms with Crippen LogP contribution in [0.4, 0.5) is 0 Å². The number of hydrogen-bond donors (Lipinski definition) is 1. The maximum atomic E-state index is 3.51. The Labute approximate surface area is 93.9 Å². The van der Waals surface area contributed by atoms with E-state index in [1.54, 1.807) is 0 Å². The van der Waals surface area contributed by atoms with E-state index >= 15 is 0 Å². The average Bonchev–Trinajstić information content (AvgIpc) is 2.29. The zero-order valence-corrected chi connectivity index (χ0v) is 10.2. The van der Waals surface area contributed by atoms with Crippen molar-refractivity contribution in [3.63, 3.8) is 0 Å². The van der Waals surface area contributed by atoms with Gasteiger partial charge in [0.25, 0.3) is 0 Å². The molecule has 1 aromatic carbocycles. The fourth-order valence-electron chi connectivity index (χ4n) is 1.55. The van der Waals surface area contributed by atoms with Crippen LogP contribution in [-0.2, 0) is 12.8 Å². The van der Waals surface area contributed by atoms with Crippen LogP contribution in [-0.4, -0.2) is 12.6 Å². The summed E-state index contributed by atoms with van der Waals surface area (Å²) in [5.41, 5.74) is 2.86. The van der Waals surface area contributed by atoms with E-state index in [2.05, 4.69) is 50.4 Å². The van der Waals surface area contributed by atoms with Crippen LogP contribution in [0.1, 0.15) is 38.3 Å². The predicted octanol–water partition coefficient (Wildman–Crippen LogP) is 3.18. The van der Waals surface area contributed by atoms with Crippen molar-refractivity contribution in [1.29, 1.82) is 0 Å². The van der Waals surface area contributed by atoms with E-state index in [4.69, 9.17) is 0 Å². The van der Waals surface area contributed by atoms with Crippen LogP contribution in [0.25, 0.3) is 0 Å². The van der Waals surface area contributed by atoms with Crippen molar-refractivity contribution in [2.24, 2.45) is 0 Å². The molecule has 0 aliphatic rings. The second kappa shape index (κ2) is 6.62. The summed E-state index contributed by atoms with van der Waals surface area (Å²) in [5.74, 6) is 0. The van der Waals surface area contributed by atoms with E-state index in [9.17, 15) is 0 Å². The average molecular weight is 205 g/mol. The second-order valence-electron chi connectivity index (χ2n) is 4.18.